The lowest BCUT2D eigenvalue weighted by atomic mass is 10.0. The van der Waals surface area contributed by atoms with Crippen LogP contribution in [0.5, 0.6) is 11.5 Å². The van der Waals surface area contributed by atoms with Crippen molar-refractivity contribution in [1.82, 2.24) is 5.32 Å². The highest BCUT2D eigenvalue weighted by Crippen LogP contribution is 2.31. The number of rotatable bonds is 11. The van der Waals surface area contributed by atoms with Gasteiger partial charge in [-0.1, -0.05) is 66.7 Å². The molecular formula is C32H28F3NO5. The fourth-order valence-corrected chi connectivity index (χ4v) is 4.01. The Labute approximate surface area is 235 Å². The predicted octanol–water partition coefficient (Wildman–Crippen LogP) is 6.38. The lowest BCUT2D eigenvalue weighted by molar-refractivity contribution is -0.142. The Bertz CT molecular complexity index is 1440. The van der Waals surface area contributed by atoms with Crippen LogP contribution in [0.2, 0.25) is 0 Å². The summed E-state index contributed by atoms with van der Waals surface area (Å²) < 4.78 is 55.7. The molecule has 0 saturated carbocycles. The molecule has 4 aromatic rings. The maximum absolute atomic E-state index is 12.9. The van der Waals surface area contributed by atoms with Crippen molar-refractivity contribution in [2.75, 3.05) is 7.11 Å². The molecule has 1 atom stereocenters. The fraction of sp³-hybridized carbons (Fsp3) is 0.188. The van der Waals surface area contributed by atoms with Crippen LogP contribution < -0.4 is 14.8 Å². The molecule has 0 saturated heterocycles. The summed E-state index contributed by atoms with van der Waals surface area (Å²) in [6.07, 6.45) is -4.49. The minimum atomic E-state index is -4.53. The molecule has 0 spiro atoms. The molecule has 9 heteroatoms. The van der Waals surface area contributed by atoms with E-state index in [0.29, 0.717) is 23.7 Å². The minimum absolute atomic E-state index is 0.0246. The summed E-state index contributed by atoms with van der Waals surface area (Å²) in [4.78, 5) is 25.3. The Balaban J connectivity index is 1.52. The summed E-state index contributed by atoms with van der Waals surface area (Å²) in [5.41, 5.74) is 1.66. The zero-order valence-electron chi connectivity index (χ0n) is 22.2. The molecule has 0 heterocycles. The van der Waals surface area contributed by atoms with Gasteiger partial charge in [-0.25, -0.2) is 4.79 Å². The van der Waals surface area contributed by atoms with Gasteiger partial charge in [0.25, 0.3) is 5.91 Å². The first-order valence-electron chi connectivity index (χ1n) is 12.8. The van der Waals surface area contributed by atoms with Crippen molar-refractivity contribution in [3.05, 3.63) is 131 Å². The number of alkyl halides is 3. The van der Waals surface area contributed by atoms with E-state index < -0.39 is 29.7 Å². The molecular weight excluding hydrogens is 535 g/mol. The van der Waals surface area contributed by atoms with Crippen molar-refractivity contribution >= 4 is 11.9 Å². The molecule has 0 bridgehead atoms. The Hall–Kier alpha value is -4.79. The van der Waals surface area contributed by atoms with Gasteiger partial charge >= 0.3 is 12.1 Å². The number of esters is 1. The summed E-state index contributed by atoms with van der Waals surface area (Å²) in [5.74, 6) is -0.476. The number of nitrogens with one attached hydrogen (secondary N) is 1. The van der Waals surface area contributed by atoms with Crippen LogP contribution in [0.1, 0.15) is 32.6 Å². The maximum Gasteiger partial charge on any atom is 0.416 e. The van der Waals surface area contributed by atoms with Gasteiger partial charge in [0.1, 0.15) is 19.3 Å². The van der Waals surface area contributed by atoms with Gasteiger partial charge in [0.2, 0.25) is 0 Å². The normalized spacial score (nSPS) is 11.8. The number of ether oxygens (including phenoxy) is 3. The van der Waals surface area contributed by atoms with Crippen LogP contribution >= 0.6 is 0 Å². The molecule has 0 aromatic heterocycles. The first kappa shape index (κ1) is 29.2. The van der Waals surface area contributed by atoms with Gasteiger partial charge in [0.15, 0.2) is 11.5 Å². The number of hydrogen-bond acceptors (Lipinski definition) is 5. The summed E-state index contributed by atoms with van der Waals surface area (Å²) >= 11 is 0. The van der Waals surface area contributed by atoms with E-state index in [1.54, 1.807) is 18.2 Å². The number of benzene rings is 4. The van der Waals surface area contributed by atoms with Crippen molar-refractivity contribution in [3.8, 4) is 11.5 Å². The minimum Gasteiger partial charge on any atom is -0.485 e. The van der Waals surface area contributed by atoms with Gasteiger partial charge in [-0.15, -0.1) is 0 Å². The highest BCUT2D eigenvalue weighted by molar-refractivity contribution is 5.96. The van der Waals surface area contributed by atoms with Crippen molar-refractivity contribution in [2.24, 2.45) is 0 Å². The Morgan fingerprint density at radius 3 is 1.83 bits per heavy atom. The van der Waals surface area contributed by atoms with E-state index in [4.69, 9.17) is 14.2 Å². The molecule has 0 aliphatic heterocycles. The monoisotopic (exact) mass is 563 g/mol. The smallest absolute Gasteiger partial charge is 0.416 e. The van der Waals surface area contributed by atoms with Crippen molar-refractivity contribution in [3.63, 3.8) is 0 Å². The predicted molar refractivity (Wildman–Crippen MR) is 146 cm³/mol. The lowest BCUT2D eigenvalue weighted by Crippen LogP contribution is -2.43. The topological polar surface area (TPSA) is 73.9 Å². The Kier molecular flexibility index (Phi) is 9.63. The third-order valence-electron chi connectivity index (χ3n) is 6.19. The lowest BCUT2D eigenvalue weighted by Gasteiger charge is -2.19. The fourth-order valence-electron chi connectivity index (χ4n) is 4.01. The van der Waals surface area contributed by atoms with Gasteiger partial charge in [0, 0.05) is 12.0 Å². The summed E-state index contributed by atoms with van der Waals surface area (Å²) in [7, 11) is 1.19. The van der Waals surface area contributed by atoms with E-state index in [9.17, 15) is 22.8 Å². The second kappa shape index (κ2) is 13.5. The van der Waals surface area contributed by atoms with Gasteiger partial charge < -0.3 is 19.5 Å². The summed E-state index contributed by atoms with van der Waals surface area (Å²) in [5, 5.41) is 2.56. The highest BCUT2D eigenvalue weighted by Gasteiger charge is 2.30. The van der Waals surface area contributed by atoms with Crippen molar-refractivity contribution < 1.29 is 37.0 Å². The van der Waals surface area contributed by atoms with Crippen LogP contribution in [0.25, 0.3) is 0 Å². The zero-order valence-corrected chi connectivity index (χ0v) is 22.2. The van der Waals surface area contributed by atoms with Gasteiger partial charge in [-0.2, -0.15) is 13.2 Å². The van der Waals surface area contributed by atoms with E-state index in [1.807, 2.05) is 60.7 Å². The molecule has 4 aromatic carbocycles. The first-order valence-corrected chi connectivity index (χ1v) is 12.8. The number of hydrogen-bond donors (Lipinski definition) is 1. The molecule has 6 nitrogen and oxygen atoms in total. The van der Waals surface area contributed by atoms with Crippen LogP contribution in [0, 0.1) is 0 Å². The molecule has 1 amide bonds. The van der Waals surface area contributed by atoms with Gasteiger partial charge in [0.05, 0.1) is 12.7 Å². The molecule has 0 fully saturated rings. The van der Waals surface area contributed by atoms with E-state index in [1.165, 1.54) is 7.11 Å². The van der Waals surface area contributed by atoms with Crippen LogP contribution in [0.4, 0.5) is 13.2 Å². The standard InChI is InChI=1S/C32H28F3NO5/c1-39-31(38)27(36-30(37)25-13-15-26(16-14-25)32(33,34)35)18-24-12-17-28(40-20-22-8-4-2-5-9-22)29(19-24)41-21-23-10-6-3-7-11-23/h2-17,19,27H,18,20-21H2,1H3,(H,36,37)/t27-/m0/s1. The van der Waals surface area contributed by atoms with E-state index in [-0.39, 0.29) is 18.6 Å². The maximum atomic E-state index is 12.9. The van der Waals surface area contributed by atoms with Crippen molar-refractivity contribution in [2.45, 2.75) is 31.9 Å². The molecule has 0 radical (unpaired) electrons. The number of carbonyl (C=O) groups excluding carboxylic acids is 2. The number of amides is 1. The molecule has 0 unspecified atom stereocenters. The second-order valence-corrected chi connectivity index (χ2v) is 9.16. The van der Waals surface area contributed by atoms with E-state index in [2.05, 4.69) is 5.32 Å². The summed E-state index contributed by atoms with van der Waals surface area (Å²) in [6.45, 7) is 0.590. The summed E-state index contributed by atoms with van der Waals surface area (Å²) in [6, 6.07) is 27.0. The molecule has 4 rings (SSSR count). The van der Waals surface area contributed by atoms with Crippen molar-refractivity contribution in [1.29, 1.82) is 0 Å². The van der Waals surface area contributed by atoms with Crippen LogP contribution in [0.3, 0.4) is 0 Å². The SMILES string of the molecule is COC(=O)[C@H](Cc1ccc(OCc2ccccc2)c(OCc2ccccc2)c1)NC(=O)c1ccc(C(F)(F)F)cc1. The van der Waals surface area contributed by atoms with Crippen LogP contribution in [0.15, 0.2) is 103 Å². The highest BCUT2D eigenvalue weighted by atomic mass is 19.4. The van der Waals surface area contributed by atoms with Gasteiger partial charge in [-0.05, 0) is 53.1 Å². The Morgan fingerprint density at radius 1 is 0.732 bits per heavy atom. The van der Waals surface area contributed by atoms with Crippen LogP contribution in [-0.4, -0.2) is 25.0 Å². The third-order valence-corrected chi connectivity index (χ3v) is 6.19. The molecule has 212 valence electrons. The van der Waals surface area contributed by atoms with E-state index >= 15 is 0 Å². The largest absolute Gasteiger partial charge is 0.485 e. The average Bonchev–Trinajstić information content (AvgIpc) is 2.99. The van der Waals surface area contributed by atoms with Gasteiger partial charge in [-0.3, -0.25) is 4.79 Å². The molecule has 1 N–H and O–H groups in total. The molecule has 41 heavy (non-hydrogen) atoms. The molecule has 0 aliphatic carbocycles. The zero-order chi connectivity index (χ0) is 29.2. The number of methoxy groups -OCH3 is 1. The average molecular weight is 564 g/mol. The third kappa shape index (κ3) is 8.35. The number of carbonyl (C=O) groups is 2. The van der Waals surface area contributed by atoms with Crippen LogP contribution in [-0.2, 0) is 35.3 Å². The van der Waals surface area contributed by atoms with E-state index in [0.717, 1.165) is 35.4 Å². The number of halogens is 3. The quantitative estimate of drug-likeness (QED) is 0.215. The first-order chi connectivity index (χ1) is 19.7. The Morgan fingerprint density at radius 2 is 1.29 bits per heavy atom. The molecule has 0 aliphatic rings. The second-order valence-electron chi connectivity index (χ2n) is 9.16.